The molecule has 10 nitrogen and oxygen atoms in total. The van der Waals surface area contributed by atoms with Crippen molar-refractivity contribution in [3.05, 3.63) is 102 Å². The molecule has 2 aromatic heterocycles. The molecule has 0 radical (unpaired) electrons. The number of amides is 2. The fraction of sp³-hybridized carbons (Fsp3) is 0.206. The fourth-order valence-electron chi connectivity index (χ4n) is 5.46. The molecular weight excluding hydrogens is 575 g/mol. The molecular formula is C34H31FN6O4. The molecule has 2 amide bonds. The van der Waals surface area contributed by atoms with Gasteiger partial charge in [-0.05, 0) is 67.3 Å². The average Bonchev–Trinajstić information content (AvgIpc) is 3.04. The molecule has 45 heavy (non-hydrogen) atoms. The van der Waals surface area contributed by atoms with Crippen LogP contribution in [0.5, 0.6) is 11.6 Å². The zero-order chi connectivity index (χ0) is 31.3. The van der Waals surface area contributed by atoms with Crippen LogP contribution < -0.4 is 15.4 Å². The molecule has 1 atom stereocenters. The van der Waals surface area contributed by atoms with E-state index in [1.165, 1.54) is 17.0 Å². The van der Waals surface area contributed by atoms with Crippen molar-refractivity contribution in [3.63, 3.8) is 0 Å². The van der Waals surface area contributed by atoms with Crippen LogP contribution in [0, 0.1) is 12.7 Å². The Labute approximate surface area is 258 Å². The Balaban J connectivity index is 1.25. The molecule has 3 heterocycles. The summed E-state index contributed by atoms with van der Waals surface area (Å²) in [5, 5.41) is 17.2. The smallest absolute Gasteiger partial charge is 0.407 e. The number of rotatable bonds is 8. The molecule has 5 aromatic rings. The summed E-state index contributed by atoms with van der Waals surface area (Å²) in [5.74, 6) is 0.754. The van der Waals surface area contributed by atoms with E-state index in [1.807, 2.05) is 43.3 Å². The van der Waals surface area contributed by atoms with Gasteiger partial charge in [-0.25, -0.2) is 24.1 Å². The fourth-order valence-corrected chi connectivity index (χ4v) is 5.46. The lowest BCUT2D eigenvalue weighted by atomic mass is 10.0. The SMILES string of the molecule is Cc1ccc2c(NC(=O)Cc3ccc(F)cc3)cccc2c1Oc1ncccc1-c1ccnc(N[C@H]2CCCN(C(=O)O)C2)n1. The molecule has 228 valence electrons. The first-order valence-electron chi connectivity index (χ1n) is 14.6. The molecule has 0 spiro atoms. The number of ether oxygens (including phenoxy) is 1. The van der Waals surface area contributed by atoms with Gasteiger partial charge in [-0.15, -0.1) is 0 Å². The van der Waals surface area contributed by atoms with Crippen molar-refractivity contribution in [1.82, 2.24) is 19.9 Å². The lowest BCUT2D eigenvalue weighted by Gasteiger charge is -2.31. The maximum absolute atomic E-state index is 13.3. The highest BCUT2D eigenvalue weighted by Gasteiger charge is 2.24. The van der Waals surface area contributed by atoms with E-state index in [0.29, 0.717) is 53.2 Å². The Morgan fingerprint density at radius 2 is 1.84 bits per heavy atom. The zero-order valence-corrected chi connectivity index (χ0v) is 24.5. The van der Waals surface area contributed by atoms with Crippen molar-refractivity contribution in [3.8, 4) is 22.9 Å². The number of hydrogen-bond donors (Lipinski definition) is 3. The molecule has 0 unspecified atom stereocenters. The van der Waals surface area contributed by atoms with Gasteiger partial charge >= 0.3 is 6.09 Å². The van der Waals surface area contributed by atoms with Crippen molar-refractivity contribution >= 4 is 34.4 Å². The number of anilines is 2. The number of carbonyl (C=O) groups is 2. The molecule has 3 aromatic carbocycles. The van der Waals surface area contributed by atoms with Crippen LogP contribution in [0.1, 0.15) is 24.0 Å². The molecule has 1 aliphatic heterocycles. The van der Waals surface area contributed by atoms with Gasteiger partial charge in [0.05, 0.1) is 17.7 Å². The monoisotopic (exact) mass is 606 g/mol. The van der Waals surface area contributed by atoms with Crippen molar-refractivity contribution in [1.29, 1.82) is 0 Å². The predicted molar refractivity (Wildman–Crippen MR) is 169 cm³/mol. The maximum atomic E-state index is 13.3. The number of carboxylic acid groups (broad SMARTS) is 1. The van der Waals surface area contributed by atoms with Crippen LogP contribution in [0.3, 0.4) is 0 Å². The third kappa shape index (κ3) is 6.82. The number of halogens is 1. The second-order valence-electron chi connectivity index (χ2n) is 10.9. The summed E-state index contributed by atoms with van der Waals surface area (Å²) in [7, 11) is 0. The standard InChI is InChI=1S/C34H31FN6O4/c1-21-9-14-25-26(6-2-8-28(25)39-30(42)19-22-10-12-23(35)13-11-22)31(21)45-32-27(7-3-16-36-32)29-15-17-37-33(40-29)38-24-5-4-18-41(20-24)34(43)44/h2-3,6-17,24H,4-5,18-20H2,1H3,(H,39,42)(H,43,44)(H,37,38,40)/t24-/m0/s1. The molecule has 1 aliphatic rings. The summed E-state index contributed by atoms with van der Waals surface area (Å²) in [6.45, 7) is 2.82. The van der Waals surface area contributed by atoms with Crippen LogP contribution in [-0.4, -0.2) is 56.1 Å². The predicted octanol–water partition coefficient (Wildman–Crippen LogP) is 6.67. The van der Waals surface area contributed by atoms with Gasteiger partial charge < -0.3 is 25.4 Å². The minimum Gasteiger partial charge on any atom is -0.465 e. The van der Waals surface area contributed by atoms with Crippen molar-refractivity contribution < 1.29 is 23.8 Å². The number of benzene rings is 3. The number of piperidine rings is 1. The molecule has 0 aliphatic carbocycles. The first-order valence-corrected chi connectivity index (χ1v) is 14.6. The van der Waals surface area contributed by atoms with Crippen LogP contribution >= 0.6 is 0 Å². The number of likely N-dealkylation sites (tertiary alicyclic amines) is 1. The van der Waals surface area contributed by atoms with E-state index in [0.717, 1.165) is 29.2 Å². The van der Waals surface area contributed by atoms with Gasteiger partial charge in [0.15, 0.2) is 0 Å². The third-order valence-electron chi connectivity index (χ3n) is 7.69. The Bertz CT molecular complexity index is 1870. The van der Waals surface area contributed by atoms with Gasteiger partial charge in [0.25, 0.3) is 0 Å². The van der Waals surface area contributed by atoms with Crippen molar-refractivity contribution in [2.45, 2.75) is 32.2 Å². The Morgan fingerprint density at radius 3 is 2.67 bits per heavy atom. The quantitative estimate of drug-likeness (QED) is 0.179. The molecule has 1 fully saturated rings. The van der Waals surface area contributed by atoms with Crippen molar-refractivity contribution in [2.24, 2.45) is 0 Å². The number of aryl methyl sites for hydroxylation is 1. The van der Waals surface area contributed by atoms with Crippen LogP contribution in [0.25, 0.3) is 22.0 Å². The number of pyridine rings is 1. The summed E-state index contributed by atoms with van der Waals surface area (Å²) in [5.41, 5.74) is 3.45. The van der Waals surface area contributed by atoms with Crippen molar-refractivity contribution in [2.75, 3.05) is 23.7 Å². The van der Waals surface area contributed by atoms with Gasteiger partial charge in [0.1, 0.15) is 11.6 Å². The summed E-state index contributed by atoms with van der Waals surface area (Å²) in [4.78, 5) is 39.3. The second kappa shape index (κ2) is 13.0. The Morgan fingerprint density at radius 1 is 1.00 bits per heavy atom. The minimum absolute atomic E-state index is 0.0987. The number of aromatic nitrogens is 3. The van der Waals surface area contributed by atoms with Crippen LogP contribution in [0.15, 0.2) is 85.2 Å². The highest BCUT2D eigenvalue weighted by atomic mass is 19.1. The Hall–Kier alpha value is -5.58. The number of carbonyl (C=O) groups excluding carboxylic acids is 1. The Kier molecular flexibility index (Phi) is 8.50. The third-order valence-corrected chi connectivity index (χ3v) is 7.69. The second-order valence-corrected chi connectivity index (χ2v) is 10.9. The van der Waals surface area contributed by atoms with E-state index in [-0.39, 0.29) is 24.2 Å². The minimum atomic E-state index is -0.934. The van der Waals surface area contributed by atoms with E-state index in [1.54, 1.807) is 36.7 Å². The topological polar surface area (TPSA) is 130 Å². The first-order chi connectivity index (χ1) is 21.8. The molecule has 0 bridgehead atoms. The lowest BCUT2D eigenvalue weighted by Crippen LogP contribution is -2.44. The van der Waals surface area contributed by atoms with E-state index >= 15 is 0 Å². The normalized spacial score (nSPS) is 14.6. The molecule has 1 saturated heterocycles. The molecule has 6 rings (SSSR count). The highest BCUT2D eigenvalue weighted by molar-refractivity contribution is 6.05. The van der Waals surface area contributed by atoms with Gasteiger partial charge in [0.2, 0.25) is 17.7 Å². The summed E-state index contributed by atoms with van der Waals surface area (Å²) in [6, 6.07) is 20.7. The largest absolute Gasteiger partial charge is 0.465 e. The lowest BCUT2D eigenvalue weighted by molar-refractivity contribution is -0.115. The van der Waals surface area contributed by atoms with Crippen LogP contribution in [-0.2, 0) is 11.2 Å². The molecule has 11 heteroatoms. The van der Waals surface area contributed by atoms with Crippen LogP contribution in [0.2, 0.25) is 0 Å². The summed E-state index contributed by atoms with van der Waals surface area (Å²) >= 11 is 0. The average molecular weight is 607 g/mol. The van der Waals surface area contributed by atoms with E-state index in [4.69, 9.17) is 9.72 Å². The zero-order valence-electron chi connectivity index (χ0n) is 24.5. The number of nitrogens with one attached hydrogen (secondary N) is 2. The summed E-state index contributed by atoms with van der Waals surface area (Å²) in [6.07, 6.45) is 4.03. The number of nitrogens with zero attached hydrogens (tertiary/aromatic N) is 4. The van der Waals surface area contributed by atoms with E-state index in [9.17, 15) is 19.1 Å². The van der Waals surface area contributed by atoms with E-state index < -0.39 is 6.09 Å². The van der Waals surface area contributed by atoms with Crippen LogP contribution in [0.4, 0.5) is 20.8 Å². The molecule has 0 saturated carbocycles. The van der Waals surface area contributed by atoms with Gasteiger partial charge in [-0.1, -0.05) is 36.4 Å². The first kappa shape index (κ1) is 29.5. The number of hydrogen-bond acceptors (Lipinski definition) is 7. The van der Waals surface area contributed by atoms with Gasteiger partial charge in [-0.2, -0.15) is 0 Å². The maximum Gasteiger partial charge on any atom is 0.407 e. The van der Waals surface area contributed by atoms with Gasteiger partial charge in [-0.3, -0.25) is 4.79 Å². The molecule has 3 N–H and O–H groups in total. The summed E-state index contributed by atoms with van der Waals surface area (Å²) < 4.78 is 19.8. The number of fused-ring (bicyclic) bond motifs is 1. The van der Waals surface area contributed by atoms with Gasteiger partial charge in [0, 0.05) is 48.0 Å². The highest BCUT2D eigenvalue weighted by Crippen LogP contribution is 2.38. The van der Waals surface area contributed by atoms with E-state index in [2.05, 4.69) is 20.6 Å².